The van der Waals surface area contributed by atoms with Gasteiger partial charge in [-0.2, -0.15) is 0 Å². The number of thiophene rings is 1. The van der Waals surface area contributed by atoms with Gasteiger partial charge in [-0.1, -0.05) is 315 Å². The van der Waals surface area contributed by atoms with Gasteiger partial charge in [0, 0.05) is 85.6 Å². The Kier molecular flexibility index (Phi) is 17.8. The van der Waals surface area contributed by atoms with E-state index in [4.69, 9.17) is 29.3 Å². The van der Waals surface area contributed by atoms with Gasteiger partial charge in [-0.05, 0) is 170 Å². The highest BCUT2D eigenvalue weighted by molar-refractivity contribution is 7.21. The number of furan rings is 1. The van der Waals surface area contributed by atoms with Gasteiger partial charge in [0.15, 0.2) is 0 Å². The molecule has 8 nitrogen and oxygen atoms in total. The summed E-state index contributed by atoms with van der Waals surface area (Å²) in [5, 5.41) is 3.35. The fraction of sp³-hybridized carbons (Fsp3) is 0.0367. The predicted molar refractivity (Wildman–Crippen MR) is 485 cm³/mol. The highest BCUT2D eigenvalue weighted by Gasteiger charge is 2.45. The van der Waals surface area contributed by atoms with Crippen molar-refractivity contribution >= 4 is 49.5 Å². The predicted octanol–water partition coefficient (Wildman–Crippen LogP) is 28.2. The van der Waals surface area contributed by atoms with Gasteiger partial charge in [-0.15, -0.1) is 11.3 Å². The van der Waals surface area contributed by atoms with Gasteiger partial charge in [-0.3, -0.25) is 14.5 Å². The molecule has 9 heteroatoms. The van der Waals surface area contributed by atoms with Gasteiger partial charge in [-0.25, -0.2) is 15.0 Å². The molecule has 1 aliphatic heterocycles. The van der Waals surface area contributed by atoms with Crippen molar-refractivity contribution in [3.63, 3.8) is 0 Å². The molecule has 0 spiro atoms. The van der Waals surface area contributed by atoms with Crippen LogP contribution in [0.5, 0.6) is 0 Å². The molecule has 118 heavy (non-hydrogen) atoms. The van der Waals surface area contributed by atoms with Crippen molar-refractivity contribution in [2.75, 3.05) is 4.90 Å². The van der Waals surface area contributed by atoms with Gasteiger partial charge < -0.3 is 9.32 Å². The average molecular weight is 1530 g/mol. The molecule has 8 heterocycles. The SMILES string of the molecule is CC1(C)c2cc(-c3ccccc3-c3ccc4ccccc4n3)ccc2-c2ccccc2-c2ccoc21.c1ccc(-c2nc(-n3cc4c(c3)C(c3ccccc3)(c3ccccc3)c3ccccc3-c3ccccc3-4)nc3ccccc23)cc1.c1ccc(N2c3ccccc3-c3ccccc3-c3c2sc(-c2ccccn2)c3-c2ccccn2)cc1. The summed E-state index contributed by atoms with van der Waals surface area (Å²) in [6, 6.07) is 137. The van der Waals surface area contributed by atoms with Crippen molar-refractivity contribution in [3.8, 4) is 128 Å². The fourth-order valence-electron chi connectivity index (χ4n) is 18.1. The maximum absolute atomic E-state index is 6.13. The minimum atomic E-state index is -0.599. The zero-order valence-electron chi connectivity index (χ0n) is 64.8. The minimum absolute atomic E-state index is 0.292. The van der Waals surface area contributed by atoms with E-state index in [1.165, 1.54) is 105 Å². The number of pyridine rings is 3. The van der Waals surface area contributed by atoms with Crippen LogP contribution in [0.25, 0.3) is 150 Å². The van der Waals surface area contributed by atoms with Crippen LogP contribution in [0.4, 0.5) is 16.4 Å². The second-order valence-corrected chi connectivity index (χ2v) is 31.5. The van der Waals surface area contributed by atoms with Crippen LogP contribution in [0.2, 0.25) is 0 Å². The van der Waals surface area contributed by atoms with Crippen LogP contribution in [0.3, 0.4) is 0 Å². The van der Waals surface area contributed by atoms with Crippen molar-refractivity contribution in [2.45, 2.75) is 24.7 Å². The molecule has 20 aromatic rings. The Hall–Kier alpha value is -15.0. The summed E-state index contributed by atoms with van der Waals surface area (Å²) in [6.45, 7) is 4.53. The molecule has 2 aliphatic carbocycles. The van der Waals surface area contributed by atoms with Gasteiger partial charge >= 0.3 is 0 Å². The molecule has 0 saturated heterocycles. The largest absolute Gasteiger partial charge is 0.468 e. The first kappa shape index (κ1) is 70.8. The van der Waals surface area contributed by atoms with Crippen molar-refractivity contribution in [1.82, 2.24) is 29.5 Å². The van der Waals surface area contributed by atoms with Gasteiger partial charge in [0.2, 0.25) is 5.95 Å². The fourth-order valence-corrected chi connectivity index (χ4v) is 19.5. The zero-order valence-corrected chi connectivity index (χ0v) is 65.6. The van der Waals surface area contributed by atoms with Gasteiger partial charge in [0.1, 0.15) is 10.8 Å². The van der Waals surface area contributed by atoms with Crippen LogP contribution < -0.4 is 4.90 Å². The minimum Gasteiger partial charge on any atom is -0.468 e. The van der Waals surface area contributed by atoms with E-state index in [9.17, 15) is 0 Å². The molecule has 0 N–H and O–H groups in total. The summed E-state index contributed by atoms with van der Waals surface area (Å²) in [5.74, 6) is 1.65. The van der Waals surface area contributed by atoms with Crippen LogP contribution >= 0.6 is 11.3 Å². The number of hydrogen-bond donors (Lipinski definition) is 0. The van der Waals surface area contributed by atoms with E-state index in [1.54, 1.807) is 11.3 Å². The van der Waals surface area contributed by atoms with Crippen molar-refractivity contribution in [3.05, 3.63) is 453 Å². The Labute approximate surface area is 689 Å². The van der Waals surface area contributed by atoms with Crippen molar-refractivity contribution in [2.24, 2.45) is 0 Å². The zero-order chi connectivity index (χ0) is 78.7. The Morgan fingerprint density at radius 2 is 0.864 bits per heavy atom. The molecule has 0 fully saturated rings. The quantitative estimate of drug-likeness (QED) is 0.142. The van der Waals surface area contributed by atoms with Gasteiger partial charge in [0.05, 0.1) is 56.1 Å². The van der Waals surface area contributed by atoms with Crippen LogP contribution in [0.15, 0.2) is 424 Å². The molecular weight excluding hydrogens is 1460 g/mol. The summed E-state index contributed by atoms with van der Waals surface area (Å²) in [5.41, 5.74) is 33.5. The highest BCUT2D eigenvalue weighted by Crippen LogP contribution is 2.61. The molecule has 13 aromatic carbocycles. The topological polar surface area (TPSA) is 85.8 Å². The Morgan fingerprint density at radius 1 is 0.331 bits per heavy atom. The molecule has 0 amide bonds. The van der Waals surface area contributed by atoms with E-state index in [2.05, 4.69) is 388 Å². The average Bonchev–Trinajstić information content (AvgIpc) is 1.54. The number of fused-ring (bicyclic) bond motifs is 17. The summed E-state index contributed by atoms with van der Waals surface area (Å²) in [6.07, 6.45) is 10.1. The lowest BCUT2D eigenvalue weighted by Crippen LogP contribution is -2.31. The molecule has 0 radical (unpaired) electrons. The molecule has 23 rings (SSSR count). The van der Waals surface area contributed by atoms with Crippen molar-refractivity contribution in [1.29, 1.82) is 0 Å². The number of nitrogens with zero attached hydrogens (tertiary/aromatic N) is 7. The standard InChI is InChI=1S/C43H29N3.C34H25NO.C32H21N3S/c1-4-16-30(17-5-1)41-36-25-13-15-27-40(36)44-42(45-41)46-28-37-34-23-11-10-22-33(34)35-24-12-14-26-38(35)43(39(37)29-46,31-18-6-2-7-19-31)32-20-8-3-9-21-32;1-34(2)30-21-23(15-17-27(30)25-11-5-6-12-26(25)29-19-20-36-33(29)34)24-10-4-7-13-28(24)32-18-16-22-9-3-8-14-31(22)35-32;1-2-12-22(13-3-1)35-28-19-7-6-15-24(28)23-14-4-5-16-25(23)29-30(26-17-8-10-20-33-26)31(36-32(29)35)27-18-9-11-21-34-27/h1-29H;3-21H,1-2H3;1-21H. The molecule has 0 saturated carbocycles. The second-order valence-electron chi connectivity index (χ2n) is 30.5. The maximum atomic E-state index is 6.13. The van der Waals surface area contributed by atoms with E-state index in [1.807, 2.05) is 55.1 Å². The molecule has 0 atom stereocenters. The van der Waals surface area contributed by atoms with E-state index in [0.717, 1.165) is 88.8 Å². The highest BCUT2D eigenvalue weighted by atomic mass is 32.1. The summed E-state index contributed by atoms with van der Waals surface area (Å²) >= 11 is 1.78. The first-order valence-electron chi connectivity index (χ1n) is 40.0. The van der Waals surface area contributed by atoms with Crippen LogP contribution in [-0.2, 0) is 10.8 Å². The van der Waals surface area contributed by atoms with Crippen LogP contribution in [0.1, 0.15) is 47.4 Å². The molecule has 0 bridgehead atoms. The van der Waals surface area contributed by atoms with Gasteiger partial charge in [0.25, 0.3) is 0 Å². The van der Waals surface area contributed by atoms with Crippen LogP contribution in [-0.4, -0.2) is 29.5 Å². The Balaban J connectivity index is 0.000000111. The van der Waals surface area contributed by atoms with Crippen molar-refractivity contribution < 1.29 is 4.42 Å². The number of aromatic nitrogens is 6. The second kappa shape index (κ2) is 29.7. The summed E-state index contributed by atoms with van der Waals surface area (Å²) in [7, 11) is 0. The third-order valence-electron chi connectivity index (χ3n) is 23.5. The maximum Gasteiger partial charge on any atom is 0.234 e. The Morgan fingerprint density at radius 3 is 1.55 bits per heavy atom. The lowest BCUT2D eigenvalue weighted by Gasteiger charge is -2.37. The number of anilines is 3. The first-order valence-corrected chi connectivity index (χ1v) is 40.8. The molecular formula is C109H75N7OS. The van der Waals surface area contributed by atoms with E-state index in [-0.39, 0.29) is 5.41 Å². The smallest absolute Gasteiger partial charge is 0.234 e. The number of hydrogen-bond acceptors (Lipinski definition) is 8. The van der Waals surface area contributed by atoms with E-state index in [0.29, 0.717) is 5.95 Å². The third kappa shape index (κ3) is 12.1. The number of rotatable bonds is 9. The Bertz CT molecular complexity index is 7120. The summed E-state index contributed by atoms with van der Waals surface area (Å²) in [4.78, 5) is 28.5. The summed E-state index contributed by atoms with van der Waals surface area (Å²) < 4.78 is 8.27. The monoisotopic (exact) mass is 1530 g/mol. The number of para-hydroxylation sites is 4. The lowest BCUT2D eigenvalue weighted by atomic mass is 9.64. The normalized spacial score (nSPS) is 12.8. The molecule has 3 aliphatic rings. The first-order chi connectivity index (χ1) is 58.3. The molecule has 558 valence electrons. The lowest BCUT2D eigenvalue weighted by molar-refractivity contribution is 0.432. The number of benzene rings is 13. The third-order valence-corrected chi connectivity index (χ3v) is 24.7. The van der Waals surface area contributed by atoms with E-state index >= 15 is 0 Å². The molecule has 0 unspecified atom stereocenters. The molecule has 7 aromatic heterocycles. The van der Waals surface area contributed by atoms with Crippen LogP contribution in [0, 0.1) is 0 Å². The van der Waals surface area contributed by atoms with E-state index < -0.39 is 5.41 Å².